The lowest BCUT2D eigenvalue weighted by molar-refractivity contribution is 0.246. The van der Waals surface area contributed by atoms with E-state index in [4.69, 9.17) is 17.3 Å². The van der Waals surface area contributed by atoms with Crippen LogP contribution in [0.25, 0.3) is 0 Å². The molecule has 0 spiro atoms. The summed E-state index contributed by atoms with van der Waals surface area (Å²) in [5, 5.41) is 0.674. The van der Waals surface area contributed by atoms with E-state index >= 15 is 0 Å². The lowest BCUT2D eigenvalue weighted by atomic mass is 9.78. The molecular formula is C13H19ClN2. The molecule has 3 unspecified atom stereocenters. The van der Waals surface area contributed by atoms with Crippen LogP contribution in [-0.2, 0) is 0 Å². The Morgan fingerprint density at radius 1 is 1.44 bits per heavy atom. The van der Waals surface area contributed by atoms with Crippen molar-refractivity contribution in [2.24, 2.45) is 17.6 Å². The van der Waals surface area contributed by atoms with Gasteiger partial charge in [-0.15, -0.1) is 0 Å². The number of halogens is 1. The number of hydrogen-bond acceptors (Lipinski definition) is 2. The molecule has 0 amide bonds. The molecular weight excluding hydrogens is 220 g/mol. The molecule has 1 fully saturated rings. The van der Waals surface area contributed by atoms with Crippen LogP contribution in [0.1, 0.15) is 44.3 Å². The van der Waals surface area contributed by atoms with Gasteiger partial charge < -0.3 is 5.73 Å². The van der Waals surface area contributed by atoms with Gasteiger partial charge in [0, 0.05) is 12.2 Å². The normalized spacial score (nSPS) is 27.7. The molecule has 0 radical (unpaired) electrons. The summed E-state index contributed by atoms with van der Waals surface area (Å²) >= 11 is 5.82. The van der Waals surface area contributed by atoms with Crippen molar-refractivity contribution in [1.82, 2.24) is 4.98 Å². The Balaban J connectivity index is 2.06. The van der Waals surface area contributed by atoms with E-state index in [1.165, 1.54) is 25.7 Å². The molecule has 1 heterocycles. The highest BCUT2D eigenvalue weighted by Gasteiger charge is 2.25. The number of nitrogens with zero attached hydrogens (tertiary/aromatic N) is 1. The second kappa shape index (κ2) is 5.15. The SMILES string of the molecule is CC1CCCC(C(N)c2ccc(Cl)cn2)C1. The van der Waals surface area contributed by atoms with Crippen LogP contribution in [0.15, 0.2) is 18.3 Å². The molecule has 1 aliphatic rings. The van der Waals surface area contributed by atoms with Crippen LogP contribution >= 0.6 is 11.6 Å². The van der Waals surface area contributed by atoms with Crippen molar-refractivity contribution in [2.75, 3.05) is 0 Å². The van der Waals surface area contributed by atoms with Crippen molar-refractivity contribution in [3.63, 3.8) is 0 Å². The predicted molar refractivity (Wildman–Crippen MR) is 67.3 cm³/mol. The predicted octanol–water partition coefficient (Wildman–Crippen LogP) is 3.56. The first kappa shape index (κ1) is 11.9. The lowest BCUT2D eigenvalue weighted by Crippen LogP contribution is -2.26. The number of rotatable bonds is 2. The number of pyridine rings is 1. The fourth-order valence-electron chi connectivity index (χ4n) is 2.63. The molecule has 1 aliphatic carbocycles. The quantitative estimate of drug-likeness (QED) is 0.856. The van der Waals surface area contributed by atoms with Crippen molar-refractivity contribution in [2.45, 2.75) is 38.6 Å². The van der Waals surface area contributed by atoms with Gasteiger partial charge in [0.1, 0.15) is 0 Å². The van der Waals surface area contributed by atoms with Crippen LogP contribution in [0.2, 0.25) is 5.02 Å². The average molecular weight is 239 g/mol. The monoisotopic (exact) mass is 238 g/mol. The van der Waals surface area contributed by atoms with E-state index in [0.717, 1.165) is 11.6 Å². The highest BCUT2D eigenvalue weighted by molar-refractivity contribution is 6.30. The number of hydrogen-bond donors (Lipinski definition) is 1. The minimum atomic E-state index is 0.0695. The smallest absolute Gasteiger partial charge is 0.0589 e. The van der Waals surface area contributed by atoms with Crippen LogP contribution in [0, 0.1) is 11.8 Å². The van der Waals surface area contributed by atoms with Crippen LogP contribution < -0.4 is 5.73 Å². The van der Waals surface area contributed by atoms with E-state index in [2.05, 4.69) is 11.9 Å². The zero-order valence-corrected chi connectivity index (χ0v) is 10.5. The summed E-state index contributed by atoms with van der Waals surface area (Å²) < 4.78 is 0. The molecule has 1 aromatic rings. The van der Waals surface area contributed by atoms with Gasteiger partial charge in [0.2, 0.25) is 0 Å². The van der Waals surface area contributed by atoms with Gasteiger partial charge in [0.05, 0.1) is 10.7 Å². The van der Waals surface area contributed by atoms with Crippen LogP contribution in [0.3, 0.4) is 0 Å². The maximum Gasteiger partial charge on any atom is 0.0589 e. The summed E-state index contributed by atoms with van der Waals surface area (Å²) in [5.74, 6) is 1.38. The van der Waals surface area contributed by atoms with Crippen molar-refractivity contribution in [1.29, 1.82) is 0 Å². The highest BCUT2D eigenvalue weighted by atomic mass is 35.5. The third-order valence-corrected chi connectivity index (χ3v) is 3.80. The van der Waals surface area contributed by atoms with Gasteiger partial charge in [-0.2, -0.15) is 0 Å². The van der Waals surface area contributed by atoms with E-state index in [0.29, 0.717) is 10.9 Å². The van der Waals surface area contributed by atoms with Crippen molar-refractivity contribution in [3.8, 4) is 0 Å². The Kier molecular flexibility index (Phi) is 3.82. The van der Waals surface area contributed by atoms with Gasteiger partial charge in [-0.3, -0.25) is 4.98 Å². The Hall–Kier alpha value is -0.600. The summed E-state index contributed by atoms with van der Waals surface area (Å²) in [5.41, 5.74) is 7.25. The Bertz CT molecular complexity index is 336. The van der Waals surface area contributed by atoms with Crippen LogP contribution in [0.5, 0.6) is 0 Å². The minimum Gasteiger partial charge on any atom is -0.322 e. The Morgan fingerprint density at radius 3 is 2.88 bits per heavy atom. The molecule has 2 nitrogen and oxygen atoms in total. The topological polar surface area (TPSA) is 38.9 Å². The van der Waals surface area contributed by atoms with Crippen LogP contribution in [-0.4, -0.2) is 4.98 Å². The Morgan fingerprint density at radius 2 is 2.25 bits per heavy atom. The lowest BCUT2D eigenvalue weighted by Gasteiger charge is -2.30. The van der Waals surface area contributed by atoms with Crippen molar-refractivity contribution in [3.05, 3.63) is 29.0 Å². The van der Waals surface area contributed by atoms with Gasteiger partial charge in [-0.05, 0) is 36.8 Å². The molecule has 2 rings (SSSR count). The molecule has 0 aromatic carbocycles. The van der Waals surface area contributed by atoms with E-state index < -0.39 is 0 Å². The van der Waals surface area contributed by atoms with E-state index in [-0.39, 0.29) is 6.04 Å². The molecule has 0 bridgehead atoms. The van der Waals surface area contributed by atoms with Gasteiger partial charge in [-0.25, -0.2) is 0 Å². The van der Waals surface area contributed by atoms with Gasteiger partial charge in [-0.1, -0.05) is 31.4 Å². The fourth-order valence-corrected chi connectivity index (χ4v) is 2.74. The van der Waals surface area contributed by atoms with Gasteiger partial charge in [0.15, 0.2) is 0 Å². The largest absolute Gasteiger partial charge is 0.322 e. The minimum absolute atomic E-state index is 0.0695. The molecule has 1 aromatic heterocycles. The van der Waals surface area contributed by atoms with Gasteiger partial charge >= 0.3 is 0 Å². The maximum absolute atomic E-state index is 6.28. The van der Waals surface area contributed by atoms with Crippen molar-refractivity contribution >= 4 is 11.6 Å². The molecule has 88 valence electrons. The van der Waals surface area contributed by atoms with Crippen molar-refractivity contribution < 1.29 is 0 Å². The summed E-state index contributed by atoms with van der Waals surface area (Å²) in [6, 6.07) is 3.89. The molecule has 1 saturated carbocycles. The van der Waals surface area contributed by atoms with Gasteiger partial charge in [0.25, 0.3) is 0 Å². The first-order valence-corrected chi connectivity index (χ1v) is 6.41. The maximum atomic E-state index is 6.28. The molecule has 0 aliphatic heterocycles. The second-order valence-corrected chi connectivity index (χ2v) is 5.40. The number of nitrogens with two attached hydrogens (primary N) is 1. The standard InChI is InChI=1S/C13H19ClN2/c1-9-3-2-4-10(7-9)13(15)12-6-5-11(14)8-16-12/h5-6,8-10,13H,2-4,7,15H2,1H3. The van der Waals surface area contributed by atoms with E-state index in [1.54, 1.807) is 6.20 Å². The summed E-state index contributed by atoms with van der Waals surface area (Å²) in [4.78, 5) is 4.32. The zero-order chi connectivity index (χ0) is 11.5. The molecule has 3 atom stereocenters. The third kappa shape index (κ3) is 2.74. The molecule has 16 heavy (non-hydrogen) atoms. The third-order valence-electron chi connectivity index (χ3n) is 3.58. The Labute approximate surface area is 102 Å². The molecule has 2 N–H and O–H groups in total. The van der Waals surface area contributed by atoms with E-state index in [9.17, 15) is 0 Å². The van der Waals surface area contributed by atoms with Crippen LogP contribution in [0.4, 0.5) is 0 Å². The highest BCUT2D eigenvalue weighted by Crippen LogP contribution is 2.35. The zero-order valence-electron chi connectivity index (χ0n) is 9.70. The average Bonchev–Trinajstić information content (AvgIpc) is 2.29. The summed E-state index contributed by atoms with van der Waals surface area (Å²) in [6.45, 7) is 2.31. The second-order valence-electron chi connectivity index (χ2n) is 4.96. The molecule has 0 saturated heterocycles. The summed E-state index contributed by atoms with van der Waals surface area (Å²) in [7, 11) is 0. The molecule has 3 heteroatoms. The fraction of sp³-hybridized carbons (Fsp3) is 0.615. The summed E-state index contributed by atoms with van der Waals surface area (Å²) in [6.07, 6.45) is 6.79. The first-order valence-electron chi connectivity index (χ1n) is 6.04. The first-order chi connectivity index (χ1) is 7.66. The number of aromatic nitrogens is 1. The van der Waals surface area contributed by atoms with E-state index in [1.807, 2.05) is 12.1 Å².